The molecule has 19 heavy (non-hydrogen) atoms. The van der Waals surface area contributed by atoms with Crippen molar-refractivity contribution >= 4 is 43.2 Å². The number of pyridine rings is 1. The predicted molar refractivity (Wildman–Crippen MR) is 77.0 cm³/mol. The van der Waals surface area contributed by atoms with Gasteiger partial charge in [0.2, 0.25) is 5.56 Å². The molecule has 8 heteroatoms. The van der Waals surface area contributed by atoms with Gasteiger partial charge < -0.3 is 4.98 Å². The standard InChI is InChI=1S/C11H8BrClN2O3S/c12-9-5-7(1-3-10(9)13)15-19(17,18)8-2-4-11(16)14-6-8/h1-6,15H,(H,14,16). The van der Waals surface area contributed by atoms with E-state index in [0.29, 0.717) is 15.2 Å². The molecule has 1 aromatic heterocycles. The second-order valence-electron chi connectivity index (χ2n) is 3.62. The SMILES string of the molecule is O=c1ccc(S(=O)(=O)Nc2ccc(Cl)c(Br)c2)c[nH]1. The molecule has 100 valence electrons. The summed E-state index contributed by atoms with van der Waals surface area (Å²) in [5, 5.41) is 0.479. The molecule has 0 aliphatic carbocycles. The van der Waals surface area contributed by atoms with Gasteiger partial charge >= 0.3 is 0 Å². The molecular weight excluding hydrogens is 356 g/mol. The summed E-state index contributed by atoms with van der Waals surface area (Å²) >= 11 is 9.03. The summed E-state index contributed by atoms with van der Waals surface area (Å²) < 4.78 is 27.0. The van der Waals surface area contributed by atoms with Crippen LogP contribution in [0.5, 0.6) is 0 Å². The second-order valence-corrected chi connectivity index (χ2v) is 6.57. The molecule has 0 saturated carbocycles. The van der Waals surface area contributed by atoms with Crippen molar-refractivity contribution < 1.29 is 8.42 Å². The van der Waals surface area contributed by atoms with Crippen LogP contribution in [0.15, 0.2) is 50.7 Å². The Labute approximate surface area is 122 Å². The highest BCUT2D eigenvalue weighted by Crippen LogP contribution is 2.26. The van der Waals surface area contributed by atoms with Crippen molar-refractivity contribution in [3.05, 3.63) is 56.4 Å². The van der Waals surface area contributed by atoms with E-state index in [1.807, 2.05) is 0 Å². The van der Waals surface area contributed by atoms with Crippen LogP contribution in [0.1, 0.15) is 0 Å². The van der Waals surface area contributed by atoms with Crippen molar-refractivity contribution in [2.75, 3.05) is 4.72 Å². The second kappa shape index (κ2) is 5.36. The number of rotatable bonds is 3. The Morgan fingerprint density at radius 3 is 2.53 bits per heavy atom. The minimum atomic E-state index is -3.74. The molecular formula is C11H8BrClN2O3S. The van der Waals surface area contributed by atoms with E-state index in [-0.39, 0.29) is 10.5 Å². The third-order valence-corrected chi connectivity index (χ3v) is 4.83. The van der Waals surface area contributed by atoms with E-state index in [9.17, 15) is 13.2 Å². The lowest BCUT2D eigenvalue weighted by molar-refractivity contribution is 0.600. The monoisotopic (exact) mass is 362 g/mol. The first-order valence-corrected chi connectivity index (χ1v) is 7.70. The van der Waals surface area contributed by atoms with Gasteiger partial charge in [-0.25, -0.2) is 8.42 Å². The molecule has 0 spiro atoms. The Balaban J connectivity index is 2.33. The fourth-order valence-electron chi connectivity index (χ4n) is 1.34. The zero-order chi connectivity index (χ0) is 14.0. The van der Waals surface area contributed by atoms with Crippen LogP contribution in [-0.4, -0.2) is 13.4 Å². The summed E-state index contributed by atoms with van der Waals surface area (Å²) in [5.74, 6) is 0. The van der Waals surface area contributed by atoms with E-state index in [1.54, 1.807) is 12.1 Å². The number of aromatic nitrogens is 1. The van der Waals surface area contributed by atoms with Crippen LogP contribution >= 0.6 is 27.5 Å². The van der Waals surface area contributed by atoms with Crippen LogP contribution in [0.25, 0.3) is 0 Å². The molecule has 1 heterocycles. The average molecular weight is 364 g/mol. The molecule has 0 radical (unpaired) electrons. The van der Waals surface area contributed by atoms with Crippen LogP contribution in [0.4, 0.5) is 5.69 Å². The fourth-order valence-corrected chi connectivity index (χ4v) is 2.85. The number of hydrogen-bond acceptors (Lipinski definition) is 3. The summed E-state index contributed by atoms with van der Waals surface area (Å²) in [5.41, 5.74) is -0.00402. The van der Waals surface area contributed by atoms with Gasteiger partial charge in [0.15, 0.2) is 0 Å². The minimum absolute atomic E-state index is 0.0295. The zero-order valence-electron chi connectivity index (χ0n) is 9.35. The van der Waals surface area contributed by atoms with Gasteiger partial charge in [0.1, 0.15) is 4.90 Å². The van der Waals surface area contributed by atoms with Crippen LogP contribution < -0.4 is 10.3 Å². The van der Waals surface area contributed by atoms with Gasteiger partial charge in [-0.2, -0.15) is 0 Å². The Bertz CT molecular complexity index is 753. The number of H-pyrrole nitrogens is 1. The number of benzene rings is 1. The summed E-state index contributed by atoms with van der Waals surface area (Å²) in [7, 11) is -3.74. The third kappa shape index (κ3) is 3.37. The molecule has 0 aliphatic rings. The molecule has 2 rings (SSSR count). The lowest BCUT2D eigenvalue weighted by Gasteiger charge is -2.08. The predicted octanol–water partition coefficient (Wildman–Crippen LogP) is 2.59. The molecule has 2 N–H and O–H groups in total. The largest absolute Gasteiger partial charge is 0.328 e. The Hall–Kier alpha value is -1.31. The highest BCUT2D eigenvalue weighted by atomic mass is 79.9. The van der Waals surface area contributed by atoms with Crippen molar-refractivity contribution in [3.8, 4) is 0 Å². The molecule has 0 unspecified atom stereocenters. The fraction of sp³-hybridized carbons (Fsp3) is 0. The van der Waals surface area contributed by atoms with Crippen molar-refractivity contribution in [1.82, 2.24) is 4.98 Å². The van der Waals surface area contributed by atoms with Crippen LogP contribution in [-0.2, 0) is 10.0 Å². The van der Waals surface area contributed by atoms with E-state index in [1.165, 1.54) is 12.1 Å². The Morgan fingerprint density at radius 2 is 1.95 bits per heavy atom. The maximum Gasteiger partial charge on any atom is 0.263 e. The lowest BCUT2D eigenvalue weighted by Crippen LogP contribution is -2.15. The van der Waals surface area contributed by atoms with Crippen molar-refractivity contribution in [2.24, 2.45) is 0 Å². The molecule has 2 aromatic rings. The summed E-state index contributed by atoms with van der Waals surface area (Å²) in [6, 6.07) is 7.02. The number of sulfonamides is 1. The van der Waals surface area contributed by atoms with Crippen LogP contribution in [0.3, 0.4) is 0 Å². The molecule has 0 atom stereocenters. The van der Waals surface area contributed by atoms with Gasteiger partial charge in [-0.15, -0.1) is 0 Å². The quantitative estimate of drug-likeness (QED) is 0.880. The van der Waals surface area contributed by atoms with Crippen molar-refractivity contribution in [1.29, 1.82) is 0 Å². The normalized spacial score (nSPS) is 11.3. The summed E-state index contributed by atoms with van der Waals surface area (Å²) in [6.07, 6.45) is 1.13. The van der Waals surface area contributed by atoms with Crippen molar-refractivity contribution in [2.45, 2.75) is 4.90 Å². The van der Waals surface area contributed by atoms with E-state index < -0.39 is 10.0 Å². The zero-order valence-corrected chi connectivity index (χ0v) is 12.5. The highest BCUT2D eigenvalue weighted by molar-refractivity contribution is 9.10. The molecule has 5 nitrogen and oxygen atoms in total. The maximum absolute atomic E-state index is 12.0. The summed E-state index contributed by atoms with van der Waals surface area (Å²) in [6.45, 7) is 0. The smallest absolute Gasteiger partial charge is 0.263 e. The number of aromatic amines is 1. The molecule has 0 aliphatic heterocycles. The highest BCUT2D eigenvalue weighted by Gasteiger charge is 2.14. The molecule has 0 fully saturated rings. The lowest BCUT2D eigenvalue weighted by atomic mass is 10.3. The first kappa shape index (κ1) is 14.1. The van der Waals surface area contributed by atoms with Gasteiger partial charge in [0, 0.05) is 16.7 Å². The van der Waals surface area contributed by atoms with E-state index in [0.717, 1.165) is 12.3 Å². The Morgan fingerprint density at radius 1 is 1.21 bits per heavy atom. The molecule has 1 aromatic carbocycles. The van der Waals surface area contributed by atoms with E-state index in [4.69, 9.17) is 11.6 Å². The Kier molecular flexibility index (Phi) is 3.98. The van der Waals surface area contributed by atoms with Gasteiger partial charge in [0.25, 0.3) is 10.0 Å². The van der Waals surface area contributed by atoms with E-state index in [2.05, 4.69) is 25.6 Å². The van der Waals surface area contributed by atoms with Gasteiger partial charge in [-0.05, 0) is 40.2 Å². The third-order valence-electron chi connectivity index (χ3n) is 2.24. The van der Waals surface area contributed by atoms with Crippen LogP contribution in [0, 0.1) is 0 Å². The van der Waals surface area contributed by atoms with Gasteiger partial charge in [-0.1, -0.05) is 11.6 Å². The van der Waals surface area contributed by atoms with Gasteiger partial charge in [0.05, 0.1) is 10.7 Å². The number of anilines is 1. The van der Waals surface area contributed by atoms with Crippen molar-refractivity contribution in [3.63, 3.8) is 0 Å². The van der Waals surface area contributed by atoms with Crippen LogP contribution in [0.2, 0.25) is 5.02 Å². The molecule has 0 bridgehead atoms. The topological polar surface area (TPSA) is 79.0 Å². The number of halogens is 2. The molecule has 0 amide bonds. The first-order valence-electron chi connectivity index (χ1n) is 5.05. The first-order chi connectivity index (χ1) is 8.88. The molecule has 0 saturated heterocycles. The number of nitrogens with one attached hydrogen (secondary N) is 2. The van der Waals surface area contributed by atoms with E-state index >= 15 is 0 Å². The average Bonchev–Trinajstić information content (AvgIpc) is 2.34. The maximum atomic E-state index is 12.0. The minimum Gasteiger partial charge on any atom is -0.328 e. The summed E-state index contributed by atoms with van der Waals surface area (Å²) in [4.78, 5) is 13.2. The van der Waals surface area contributed by atoms with Gasteiger partial charge in [-0.3, -0.25) is 9.52 Å². The number of hydrogen-bond donors (Lipinski definition) is 2.